The summed E-state index contributed by atoms with van der Waals surface area (Å²) in [7, 11) is 0. The van der Waals surface area contributed by atoms with Crippen LogP contribution in [0.15, 0.2) is 84.9 Å². The smallest absolute Gasteiger partial charge is 0.162 e. The van der Waals surface area contributed by atoms with E-state index in [9.17, 15) is 9.90 Å². The predicted octanol–water partition coefficient (Wildman–Crippen LogP) is 7.69. The van der Waals surface area contributed by atoms with Gasteiger partial charge in [-0.15, -0.1) is 0 Å². The zero-order chi connectivity index (χ0) is 24.2. The van der Waals surface area contributed by atoms with Crippen LogP contribution in [0.25, 0.3) is 0 Å². The molecule has 3 aromatic rings. The van der Waals surface area contributed by atoms with E-state index in [2.05, 4.69) is 32.9 Å². The van der Waals surface area contributed by atoms with Crippen molar-refractivity contribution in [2.45, 2.75) is 70.3 Å². The second-order valence-corrected chi connectivity index (χ2v) is 11.0. The molecule has 0 saturated heterocycles. The standard InChI is InChI=1S/C32H38O2/c1-31(2,3)26-21-17-25(18-22-26)30(33)23-16-24-14-19-29(20-15-24)32(34,27-10-6-4-7-11-27)28-12-8-5-9-13-28/h4-13,17-18,21-22,24,29,34H,14-16,19-20,23H2,1-3H3. The molecule has 0 radical (unpaired) electrons. The number of aliphatic hydroxyl groups is 1. The molecule has 1 aliphatic rings. The van der Waals surface area contributed by atoms with Crippen molar-refractivity contribution in [1.82, 2.24) is 0 Å². The molecule has 2 heteroatoms. The predicted molar refractivity (Wildman–Crippen MR) is 140 cm³/mol. The van der Waals surface area contributed by atoms with Crippen LogP contribution in [0.1, 0.15) is 86.3 Å². The number of Topliss-reactive ketones (excluding diaryl/α,β-unsaturated/α-hetero) is 1. The number of benzene rings is 3. The maximum Gasteiger partial charge on any atom is 0.162 e. The highest BCUT2D eigenvalue weighted by Crippen LogP contribution is 2.45. The number of rotatable bonds is 7. The van der Waals surface area contributed by atoms with Crippen LogP contribution in [-0.2, 0) is 11.0 Å². The topological polar surface area (TPSA) is 37.3 Å². The summed E-state index contributed by atoms with van der Waals surface area (Å²) in [5.41, 5.74) is 3.15. The third kappa shape index (κ3) is 5.33. The van der Waals surface area contributed by atoms with Crippen LogP contribution in [0.2, 0.25) is 0 Å². The maximum atomic E-state index is 12.8. The third-order valence-electron chi connectivity index (χ3n) is 7.72. The fraction of sp³-hybridized carbons (Fsp3) is 0.406. The fourth-order valence-corrected chi connectivity index (χ4v) is 5.53. The summed E-state index contributed by atoms with van der Waals surface area (Å²) in [5.74, 6) is 0.965. The second-order valence-electron chi connectivity index (χ2n) is 11.0. The minimum absolute atomic E-state index is 0.0989. The van der Waals surface area contributed by atoms with E-state index in [1.165, 1.54) is 5.56 Å². The average molecular weight is 455 g/mol. The van der Waals surface area contributed by atoms with Gasteiger partial charge in [0.1, 0.15) is 5.60 Å². The summed E-state index contributed by atoms with van der Waals surface area (Å²) in [4.78, 5) is 12.8. The van der Waals surface area contributed by atoms with Gasteiger partial charge >= 0.3 is 0 Å². The minimum atomic E-state index is -0.974. The first-order valence-corrected chi connectivity index (χ1v) is 12.8. The Morgan fingerprint density at radius 3 is 1.71 bits per heavy atom. The van der Waals surface area contributed by atoms with E-state index in [0.29, 0.717) is 12.3 Å². The summed E-state index contributed by atoms with van der Waals surface area (Å²) in [6, 6.07) is 28.4. The van der Waals surface area contributed by atoms with Gasteiger partial charge in [0.05, 0.1) is 0 Å². The van der Waals surface area contributed by atoms with Crippen LogP contribution in [0, 0.1) is 11.8 Å². The first-order valence-electron chi connectivity index (χ1n) is 12.8. The zero-order valence-electron chi connectivity index (χ0n) is 20.8. The van der Waals surface area contributed by atoms with Crippen LogP contribution >= 0.6 is 0 Å². The first kappa shape index (κ1) is 24.4. The summed E-state index contributed by atoms with van der Waals surface area (Å²) >= 11 is 0. The molecule has 0 aliphatic heterocycles. The van der Waals surface area contributed by atoms with E-state index in [1.807, 2.05) is 72.8 Å². The lowest BCUT2D eigenvalue weighted by Crippen LogP contribution is -2.38. The molecular weight excluding hydrogens is 416 g/mol. The molecule has 1 aliphatic carbocycles. The summed E-state index contributed by atoms with van der Waals surface area (Å²) in [5, 5.41) is 12.1. The fourth-order valence-electron chi connectivity index (χ4n) is 5.53. The van der Waals surface area contributed by atoms with E-state index in [0.717, 1.165) is 48.8 Å². The first-order chi connectivity index (χ1) is 16.3. The Kier molecular flexibility index (Phi) is 7.38. The van der Waals surface area contributed by atoms with Crippen molar-refractivity contribution in [3.8, 4) is 0 Å². The lowest BCUT2D eigenvalue weighted by Gasteiger charge is -2.41. The van der Waals surface area contributed by atoms with Crippen LogP contribution in [0.3, 0.4) is 0 Å². The molecular formula is C32H38O2. The molecule has 34 heavy (non-hydrogen) atoms. The van der Waals surface area contributed by atoms with Crippen molar-refractivity contribution in [3.05, 3.63) is 107 Å². The normalized spacial score (nSPS) is 19.1. The molecule has 0 unspecified atom stereocenters. The van der Waals surface area contributed by atoms with Crippen molar-refractivity contribution in [1.29, 1.82) is 0 Å². The quantitative estimate of drug-likeness (QED) is 0.372. The Balaban J connectivity index is 1.38. The molecule has 1 N–H and O–H groups in total. The lowest BCUT2D eigenvalue weighted by atomic mass is 9.67. The average Bonchev–Trinajstić information content (AvgIpc) is 2.87. The van der Waals surface area contributed by atoms with Crippen LogP contribution in [0.4, 0.5) is 0 Å². The molecule has 0 bridgehead atoms. The van der Waals surface area contributed by atoms with Gasteiger partial charge in [0.25, 0.3) is 0 Å². The van der Waals surface area contributed by atoms with E-state index in [4.69, 9.17) is 0 Å². The molecule has 0 spiro atoms. The molecule has 178 valence electrons. The van der Waals surface area contributed by atoms with Crippen molar-refractivity contribution in [2.24, 2.45) is 11.8 Å². The van der Waals surface area contributed by atoms with E-state index < -0.39 is 5.60 Å². The van der Waals surface area contributed by atoms with Crippen LogP contribution in [-0.4, -0.2) is 10.9 Å². The Morgan fingerprint density at radius 1 is 0.735 bits per heavy atom. The van der Waals surface area contributed by atoms with Gasteiger partial charge in [0.15, 0.2) is 5.78 Å². The third-order valence-corrected chi connectivity index (χ3v) is 7.72. The number of hydrogen-bond acceptors (Lipinski definition) is 2. The largest absolute Gasteiger partial charge is 0.380 e. The van der Waals surface area contributed by atoms with Gasteiger partial charge in [-0.2, -0.15) is 0 Å². The SMILES string of the molecule is CC(C)(C)c1ccc(C(=O)CCC2CCC(C(O)(c3ccccc3)c3ccccc3)CC2)cc1. The highest BCUT2D eigenvalue weighted by atomic mass is 16.3. The summed E-state index contributed by atoms with van der Waals surface area (Å²) in [6.45, 7) is 6.57. The van der Waals surface area contributed by atoms with Crippen LogP contribution < -0.4 is 0 Å². The molecule has 0 amide bonds. The summed E-state index contributed by atoms with van der Waals surface area (Å²) < 4.78 is 0. The van der Waals surface area contributed by atoms with Crippen molar-refractivity contribution >= 4 is 5.78 Å². The lowest BCUT2D eigenvalue weighted by molar-refractivity contribution is -0.00804. The van der Waals surface area contributed by atoms with Crippen molar-refractivity contribution in [3.63, 3.8) is 0 Å². The number of ketones is 1. The van der Waals surface area contributed by atoms with E-state index >= 15 is 0 Å². The molecule has 2 nitrogen and oxygen atoms in total. The molecule has 1 fully saturated rings. The molecule has 3 aromatic carbocycles. The van der Waals surface area contributed by atoms with Gasteiger partial charge in [-0.25, -0.2) is 0 Å². The Hall–Kier alpha value is -2.71. The Morgan fingerprint density at radius 2 is 1.24 bits per heavy atom. The molecule has 0 aromatic heterocycles. The second kappa shape index (κ2) is 10.3. The van der Waals surface area contributed by atoms with Gasteiger partial charge < -0.3 is 5.11 Å². The molecule has 0 heterocycles. The summed E-state index contributed by atoms with van der Waals surface area (Å²) in [6.07, 6.45) is 5.60. The minimum Gasteiger partial charge on any atom is -0.380 e. The van der Waals surface area contributed by atoms with Gasteiger partial charge in [0.2, 0.25) is 0 Å². The number of carbonyl (C=O) groups is 1. The van der Waals surface area contributed by atoms with Crippen LogP contribution in [0.5, 0.6) is 0 Å². The maximum absolute atomic E-state index is 12.8. The number of carbonyl (C=O) groups excluding carboxylic acids is 1. The molecule has 0 atom stereocenters. The highest BCUT2D eigenvalue weighted by molar-refractivity contribution is 5.96. The van der Waals surface area contributed by atoms with Crippen molar-refractivity contribution < 1.29 is 9.90 Å². The van der Waals surface area contributed by atoms with Gasteiger partial charge in [-0.05, 0) is 53.2 Å². The Bertz CT molecular complexity index is 1010. The zero-order valence-corrected chi connectivity index (χ0v) is 20.8. The Labute approximate surface area is 205 Å². The van der Waals surface area contributed by atoms with Gasteiger partial charge in [0, 0.05) is 12.0 Å². The molecule has 4 rings (SSSR count). The van der Waals surface area contributed by atoms with E-state index in [1.54, 1.807) is 0 Å². The van der Waals surface area contributed by atoms with E-state index in [-0.39, 0.29) is 17.1 Å². The highest BCUT2D eigenvalue weighted by Gasteiger charge is 2.41. The van der Waals surface area contributed by atoms with Gasteiger partial charge in [-0.1, -0.05) is 119 Å². The number of hydrogen-bond donors (Lipinski definition) is 1. The van der Waals surface area contributed by atoms with Crippen molar-refractivity contribution in [2.75, 3.05) is 0 Å². The molecule has 1 saturated carbocycles. The van der Waals surface area contributed by atoms with Gasteiger partial charge in [-0.3, -0.25) is 4.79 Å². The monoisotopic (exact) mass is 454 g/mol.